The number of anilines is 1. The van der Waals surface area contributed by atoms with Crippen molar-refractivity contribution in [1.82, 2.24) is 5.32 Å². The molecule has 2 aromatic carbocycles. The van der Waals surface area contributed by atoms with Gasteiger partial charge in [-0.3, -0.25) is 4.79 Å². The molecular formula is C24H28N2O2. The lowest BCUT2D eigenvalue weighted by Gasteiger charge is -2.37. The molecule has 4 heteroatoms. The fourth-order valence-corrected chi connectivity index (χ4v) is 4.34. The lowest BCUT2D eigenvalue weighted by Crippen LogP contribution is -2.30. The summed E-state index contributed by atoms with van der Waals surface area (Å²) in [6.45, 7) is 5.45. The highest BCUT2D eigenvalue weighted by molar-refractivity contribution is 5.95. The Morgan fingerprint density at radius 2 is 2.00 bits per heavy atom. The van der Waals surface area contributed by atoms with Crippen molar-refractivity contribution in [3.63, 3.8) is 0 Å². The third kappa shape index (κ3) is 3.51. The second kappa shape index (κ2) is 8.09. The molecule has 1 amide bonds. The summed E-state index contributed by atoms with van der Waals surface area (Å²) in [5.74, 6) is 1.72. The molecule has 4 rings (SSSR count). The van der Waals surface area contributed by atoms with Crippen LogP contribution in [0.1, 0.15) is 60.1 Å². The molecule has 1 heterocycles. The van der Waals surface area contributed by atoms with Crippen LogP contribution in [0.4, 0.5) is 5.69 Å². The van der Waals surface area contributed by atoms with E-state index in [9.17, 15) is 4.79 Å². The number of benzene rings is 2. The topological polar surface area (TPSA) is 50.4 Å². The van der Waals surface area contributed by atoms with Crippen LogP contribution in [0.3, 0.4) is 0 Å². The third-order valence-electron chi connectivity index (χ3n) is 5.71. The first-order valence-corrected chi connectivity index (χ1v) is 10.3. The van der Waals surface area contributed by atoms with Crippen LogP contribution in [-0.2, 0) is 0 Å². The lowest BCUT2D eigenvalue weighted by atomic mass is 9.76. The first-order chi connectivity index (χ1) is 13.7. The molecular weight excluding hydrogens is 348 g/mol. The van der Waals surface area contributed by atoms with Crippen molar-refractivity contribution >= 4 is 11.6 Å². The molecule has 1 aliphatic heterocycles. The lowest BCUT2D eigenvalue weighted by molar-refractivity contribution is 0.0953. The van der Waals surface area contributed by atoms with Crippen LogP contribution >= 0.6 is 0 Å². The van der Waals surface area contributed by atoms with Gasteiger partial charge in [-0.1, -0.05) is 31.2 Å². The average Bonchev–Trinajstić information content (AvgIpc) is 3.22. The zero-order valence-corrected chi connectivity index (χ0v) is 16.6. The van der Waals surface area contributed by atoms with Gasteiger partial charge in [-0.25, -0.2) is 0 Å². The highest BCUT2D eigenvalue weighted by Crippen LogP contribution is 2.50. The van der Waals surface area contributed by atoms with Crippen molar-refractivity contribution in [2.75, 3.05) is 18.5 Å². The molecule has 1 aliphatic carbocycles. The number of ether oxygens (including phenoxy) is 1. The molecule has 0 saturated heterocycles. The Balaban J connectivity index is 1.61. The molecule has 0 saturated carbocycles. The number of nitrogens with one attached hydrogen (secondary N) is 2. The molecule has 0 radical (unpaired) electrons. The van der Waals surface area contributed by atoms with Gasteiger partial charge in [0.05, 0.1) is 12.6 Å². The van der Waals surface area contributed by atoms with Gasteiger partial charge in [0, 0.05) is 23.7 Å². The van der Waals surface area contributed by atoms with Crippen LogP contribution in [-0.4, -0.2) is 19.1 Å². The number of carbonyl (C=O) groups excluding carboxylic acids is 1. The van der Waals surface area contributed by atoms with Crippen LogP contribution in [0, 0.1) is 5.92 Å². The molecule has 28 heavy (non-hydrogen) atoms. The molecule has 2 N–H and O–H groups in total. The minimum absolute atomic E-state index is 0.0109. The van der Waals surface area contributed by atoms with Gasteiger partial charge in [-0.05, 0) is 67.1 Å². The van der Waals surface area contributed by atoms with E-state index < -0.39 is 0 Å². The quantitative estimate of drug-likeness (QED) is 0.694. The van der Waals surface area contributed by atoms with Crippen LogP contribution in [0.5, 0.6) is 5.75 Å². The summed E-state index contributed by atoms with van der Waals surface area (Å²) in [6.07, 6.45) is 6.56. The standard InChI is InChI=1S/C24H28N2O2/c1-3-14-25-24(27)17-10-13-22-21(15-17)19-6-5-7-20(19)23(26-22)16-8-11-18(12-9-16)28-4-2/h5-6,8-13,15,19-20,23,26H,3-4,7,14H2,1-2H3,(H,25,27). The Kier molecular flexibility index (Phi) is 5.38. The van der Waals surface area contributed by atoms with Crippen molar-refractivity contribution in [3.8, 4) is 5.75 Å². The van der Waals surface area contributed by atoms with Crippen molar-refractivity contribution in [1.29, 1.82) is 0 Å². The minimum atomic E-state index is 0.0109. The normalized spacial score (nSPS) is 22.1. The minimum Gasteiger partial charge on any atom is -0.494 e. The summed E-state index contributed by atoms with van der Waals surface area (Å²) in [7, 11) is 0. The van der Waals surface area contributed by atoms with Gasteiger partial charge in [-0.2, -0.15) is 0 Å². The summed E-state index contributed by atoms with van der Waals surface area (Å²) in [4.78, 5) is 12.4. The van der Waals surface area contributed by atoms with Gasteiger partial charge < -0.3 is 15.4 Å². The monoisotopic (exact) mass is 376 g/mol. The number of hydrogen-bond acceptors (Lipinski definition) is 3. The maximum Gasteiger partial charge on any atom is 0.251 e. The number of amides is 1. The Morgan fingerprint density at radius 1 is 1.18 bits per heavy atom. The fraction of sp³-hybridized carbons (Fsp3) is 0.375. The highest BCUT2D eigenvalue weighted by Gasteiger charge is 2.38. The van der Waals surface area contributed by atoms with E-state index in [-0.39, 0.29) is 11.9 Å². The molecule has 4 nitrogen and oxygen atoms in total. The van der Waals surface area contributed by atoms with E-state index in [1.54, 1.807) is 0 Å². The second-order valence-electron chi connectivity index (χ2n) is 7.54. The summed E-state index contributed by atoms with van der Waals surface area (Å²) >= 11 is 0. The smallest absolute Gasteiger partial charge is 0.251 e. The molecule has 0 spiro atoms. The maximum atomic E-state index is 12.4. The van der Waals surface area contributed by atoms with E-state index in [0.717, 1.165) is 29.8 Å². The predicted molar refractivity (Wildman–Crippen MR) is 113 cm³/mol. The Labute approximate surface area is 167 Å². The Hall–Kier alpha value is -2.75. The van der Waals surface area contributed by atoms with Gasteiger partial charge in [0.1, 0.15) is 5.75 Å². The zero-order valence-electron chi connectivity index (χ0n) is 16.6. The largest absolute Gasteiger partial charge is 0.494 e. The second-order valence-corrected chi connectivity index (χ2v) is 7.54. The Bertz CT molecular complexity index is 873. The van der Waals surface area contributed by atoms with Crippen LogP contribution in [0.2, 0.25) is 0 Å². The molecule has 2 aromatic rings. The van der Waals surface area contributed by atoms with Gasteiger partial charge >= 0.3 is 0 Å². The number of fused-ring (bicyclic) bond motifs is 3. The van der Waals surface area contributed by atoms with E-state index >= 15 is 0 Å². The maximum absolute atomic E-state index is 12.4. The Morgan fingerprint density at radius 3 is 2.75 bits per heavy atom. The van der Waals surface area contributed by atoms with Crippen LogP contribution < -0.4 is 15.4 Å². The molecule has 0 fully saturated rings. The van der Waals surface area contributed by atoms with Gasteiger partial charge in [0.25, 0.3) is 5.91 Å². The van der Waals surface area contributed by atoms with Crippen LogP contribution in [0.25, 0.3) is 0 Å². The summed E-state index contributed by atoms with van der Waals surface area (Å²) in [6, 6.07) is 14.7. The first kappa shape index (κ1) is 18.6. The van der Waals surface area contributed by atoms with E-state index in [2.05, 4.69) is 66.1 Å². The number of rotatable bonds is 6. The highest BCUT2D eigenvalue weighted by atomic mass is 16.5. The zero-order chi connectivity index (χ0) is 19.5. The molecule has 3 unspecified atom stereocenters. The van der Waals surface area contributed by atoms with E-state index in [1.807, 2.05) is 13.0 Å². The van der Waals surface area contributed by atoms with E-state index in [4.69, 9.17) is 4.74 Å². The van der Waals surface area contributed by atoms with E-state index in [1.165, 1.54) is 11.1 Å². The summed E-state index contributed by atoms with van der Waals surface area (Å²) in [5, 5.41) is 6.71. The number of hydrogen-bond donors (Lipinski definition) is 2. The summed E-state index contributed by atoms with van der Waals surface area (Å²) < 4.78 is 5.58. The van der Waals surface area contributed by atoms with Gasteiger partial charge in [-0.15, -0.1) is 0 Å². The van der Waals surface area contributed by atoms with E-state index in [0.29, 0.717) is 25.0 Å². The number of allylic oxidation sites excluding steroid dienone is 2. The molecule has 3 atom stereocenters. The van der Waals surface area contributed by atoms with Gasteiger partial charge in [0.2, 0.25) is 0 Å². The summed E-state index contributed by atoms with van der Waals surface area (Å²) in [5.41, 5.74) is 4.37. The average molecular weight is 377 g/mol. The molecule has 0 aromatic heterocycles. The molecule has 0 bridgehead atoms. The van der Waals surface area contributed by atoms with Crippen molar-refractivity contribution in [2.45, 2.75) is 38.6 Å². The third-order valence-corrected chi connectivity index (χ3v) is 5.71. The van der Waals surface area contributed by atoms with Crippen molar-refractivity contribution in [3.05, 3.63) is 71.3 Å². The number of carbonyl (C=O) groups is 1. The van der Waals surface area contributed by atoms with Crippen LogP contribution in [0.15, 0.2) is 54.6 Å². The van der Waals surface area contributed by atoms with Crippen molar-refractivity contribution in [2.24, 2.45) is 5.92 Å². The van der Waals surface area contributed by atoms with Gasteiger partial charge in [0.15, 0.2) is 0 Å². The fourth-order valence-electron chi connectivity index (χ4n) is 4.34. The molecule has 146 valence electrons. The molecule has 2 aliphatic rings. The predicted octanol–water partition coefficient (Wildman–Crippen LogP) is 5.05. The van der Waals surface area contributed by atoms with Crippen molar-refractivity contribution < 1.29 is 9.53 Å². The first-order valence-electron chi connectivity index (χ1n) is 10.3. The SMILES string of the molecule is CCCNC(=O)c1ccc2c(c1)C1C=CCC1C(c1ccc(OCC)cc1)N2.